The summed E-state index contributed by atoms with van der Waals surface area (Å²) in [5, 5.41) is 0. The molecule has 1 aromatic heterocycles. The first kappa shape index (κ1) is 14.2. The molecule has 1 fully saturated rings. The van der Waals surface area contributed by atoms with Crippen LogP contribution in [0, 0.1) is 6.92 Å². The third-order valence-corrected chi connectivity index (χ3v) is 5.56. The summed E-state index contributed by atoms with van der Waals surface area (Å²) in [5.41, 5.74) is 1.97. The minimum Gasteiger partial charge on any atom is -0.264 e. The van der Waals surface area contributed by atoms with Crippen molar-refractivity contribution in [2.24, 2.45) is 0 Å². The maximum absolute atomic E-state index is 12.8. The molecule has 0 aliphatic heterocycles. The summed E-state index contributed by atoms with van der Waals surface area (Å²) in [4.78, 5) is 4.43. The molecule has 1 heterocycles. The second-order valence-corrected chi connectivity index (χ2v) is 7.35. The molecule has 1 aliphatic rings. The van der Waals surface area contributed by atoms with Gasteiger partial charge in [-0.15, -0.1) is 0 Å². The highest BCUT2D eigenvalue weighted by Crippen LogP contribution is 2.33. The van der Waals surface area contributed by atoms with Gasteiger partial charge in [-0.05, 0) is 43.5 Å². The molecule has 0 N–H and O–H groups in total. The Kier molecular flexibility index (Phi) is 3.78. The molecule has 3 rings (SSSR count). The van der Waals surface area contributed by atoms with E-state index >= 15 is 0 Å². The Morgan fingerprint density at radius 2 is 1.90 bits per heavy atom. The summed E-state index contributed by atoms with van der Waals surface area (Å²) in [6.45, 7) is 2.33. The van der Waals surface area contributed by atoms with E-state index < -0.39 is 10.0 Å². The molecule has 110 valence electrons. The van der Waals surface area contributed by atoms with Gasteiger partial charge in [0.15, 0.2) is 0 Å². The molecule has 0 saturated heterocycles. The van der Waals surface area contributed by atoms with Crippen LogP contribution < -0.4 is 0 Å². The van der Waals surface area contributed by atoms with Crippen molar-refractivity contribution in [3.8, 4) is 0 Å². The maximum Gasteiger partial charge on any atom is 0.243 e. The van der Waals surface area contributed by atoms with E-state index in [-0.39, 0.29) is 6.04 Å². The fraction of sp³-hybridized carbons (Fsp3) is 0.312. The van der Waals surface area contributed by atoms with Gasteiger partial charge >= 0.3 is 0 Å². The largest absolute Gasteiger partial charge is 0.264 e. The van der Waals surface area contributed by atoms with Gasteiger partial charge in [-0.3, -0.25) is 4.98 Å². The van der Waals surface area contributed by atoms with E-state index in [1.54, 1.807) is 28.8 Å². The van der Waals surface area contributed by atoms with Crippen molar-refractivity contribution >= 4 is 10.0 Å². The molecule has 4 nitrogen and oxygen atoms in total. The Labute approximate surface area is 125 Å². The highest BCUT2D eigenvalue weighted by atomic mass is 32.2. The number of aromatic nitrogens is 1. The van der Waals surface area contributed by atoms with Crippen LogP contribution in [-0.4, -0.2) is 23.7 Å². The summed E-state index contributed by atoms with van der Waals surface area (Å²) in [6, 6.07) is 10.9. The average Bonchev–Trinajstić information content (AvgIpc) is 3.31. The van der Waals surface area contributed by atoms with Crippen molar-refractivity contribution in [3.05, 3.63) is 59.9 Å². The quantitative estimate of drug-likeness (QED) is 0.853. The van der Waals surface area contributed by atoms with Crippen molar-refractivity contribution in [2.75, 3.05) is 0 Å². The van der Waals surface area contributed by atoms with E-state index in [9.17, 15) is 8.42 Å². The van der Waals surface area contributed by atoms with Crippen LogP contribution in [-0.2, 0) is 16.6 Å². The minimum absolute atomic E-state index is 0.122. The zero-order chi connectivity index (χ0) is 14.9. The van der Waals surface area contributed by atoms with Crippen LogP contribution in [0.15, 0.2) is 53.7 Å². The van der Waals surface area contributed by atoms with Crippen molar-refractivity contribution in [1.82, 2.24) is 9.29 Å². The predicted molar refractivity (Wildman–Crippen MR) is 81.2 cm³/mol. The first-order valence-corrected chi connectivity index (χ1v) is 8.49. The van der Waals surface area contributed by atoms with Gasteiger partial charge in [0.05, 0.1) is 4.90 Å². The number of nitrogens with zero attached hydrogens (tertiary/aromatic N) is 2. The Hall–Kier alpha value is -1.72. The van der Waals surface area contributed by atoms with Gasteiger partial charge in [0.25, 0.3) is 0 Å². The third kappa shape index (κ3) is 3.14. The minimum atomic E-state index is -3.45. The summed E-state index contributed by atoms with van der Waals surface area (Å²) in [6.07, 6.45) is 5.29. The number of hydrogen-bond donors (Lipinski definition) is 0. The lowest BCUT2D eigenvalue weighted by atomic mass is 10.2. The van der Waals surface area contributed by atoms with Crippen LogP contribution in [0.4, 0.5) is 0 Å². The lowest BCUT2D eigenvalue weighted by Gasteiger charge is -2.22. The van der Waals surface area contributed by atoms with E-state index in [1.807, 2.05) is 31.2 Å². The molecule has 5 heteroatoms. The summed E-state index contributed by atoms with van der Waals surface area (Å²) < 4.78 is 27.3. The molecular formula is C16H18N2O2S. The van der Waals surface area contributed by atoms with E-state index in [0.717, 1.165) is 24.0 Å². The average molecular weight is 302 g/mol. The van der Waals surface area contributed by atoms with Crippen molar-refractivity contribution < 1.29 is 8.42 Å². The van der Waals surface area contributed by atoms with Crippen LogP contribution in [0.5, 0.6) is 0 Å². The van der Waals surface area contributed by atoms with Gasteiger partial charge < -0.3 is 0 Å². The van der Waals surface area contributed by atoms with Gasteiger partial charge in [-0.1, -0.05) is 23.8 Å². The van der Waals surface area contributed by atoms with E-state index in [4.69, 9.17) is 0 Å². The van der Waals surface area contributed by atoms with Gasteiger partial charge in [-0.25, -0.2) is 8.42 Å². The molecule has 21 heavy (non-hydrogen) atoms. The van der Waals surface area contributed by atoms with Gasteiger partial charge in [0, 0.05) is 25.0 Å². The van der Waals surface area contributed by atoms with Gasteiger partial charge in [-0.2, -0.15) is 4.31 Å². The van der Waals surface area contributed by atoms with E-state index in [0.29, 0.717) is 11.4 Å². The molecule has 1 aliphatic carbocycles. The molecule has 0 bridgehead atoms. The van der Waals surface area contributed by atoms with Crippen LogP contribution in [0.3, 0.4) is 0 Å². The van der Waals surface area contributed by atoms with Crippen LogP contribution in [0.2, 0.25) is 0 Å². The highest BCUT2D eigenvalue weighted by Gasteiger charge is 2.37. The standard InChI is InChI=1S/C16H18N2O2S/c1-13-4-8-16(9-5-13)21(19,20)18(15-6-7-15)12-14-3-2-10-17-11-14/h2-5,8-11,15H,6-7,12H2,1H3. The summed E-state index contributed by atoms with van der Waals surface area (Å²) in [7, 11) is -3.45. The number of aryl methyl sites for hydroxylation is 1. The first-order valence-electron chi connectivity index (χ1n) is 7.05. The molecule has 2 aromatic rings. The Morgan fingerprint density at radius 1 is 1.19 bits per heavy atom. The van der Waals surface area contributed by atoms with Crippen molar-refractivity contribution in [2.45, 2.75) is 37.2 Å². The number of rotatable bonds is 5. The summed E-state index contributed by atoms with van der Waals surface area (Å²) >= 11 is 0. The molecule has 0 spiro atoms. The molecule has 1 aromatic carbocycles. The third-order valence-electron chi connectivity index (χ3n) is 3.64. The Bertz CT molecular complexity index is 708. The van der Waals surface area contributed by atoms with E-state index in [1.165, 1.54) is 0 Å². The molecular weight excluding hydrogens is 284 g/mol. The van der Waals surface area contributed by atoms with Crippen LogP contribution >= 0.6 is 0 Å². The van der Waals surface area contributed by atoms with Gasteiger partial charge in [0.2, 0.25) is 10.0 Å². The molecule has 0 radical (unpaired) electrons. The van der Waals surface area contributed by atoms with Crippen LogP contribution in [0.1, 0.15) is 24.0 Å². The number of pyridine rings is 1. The topological polar surface area (TPSA) is 50.3 Å². The molecule has 0 atom stereocenters. The van der Waals surface area contributed by atoms with Crippen molar-refractivity contribution in [1.29, 1.82) is 0 Å². The highest BCUT2D eigenvalue weighted by molar-refractivity contribution is 7.89. The van der Waals surface area contributed by atoms with E-state index in [2.05, 4.69) is 4.98 Å². The fourth-order valence-corrected chi connectivity index (χ4v) is 3.96. The first-order chi connectivity index (χ1) is 10.1. The maximum atomic E-state index is 12.8. The second kappa shape index (κ2) is 5.58. The smallest absolute Gasteiger partial charge is 0.243 e. The Morgan fingerprint density at radius 3 is 2.48 bits per heavy atom. The lowest BCUT2D eigenvalue weighted by molar-refractivity contribution is 0.398. The summed E-state index contributed by atoms with van der Waals surface area (Å²) in [5.74, 6) is 0. The van der Waals surface area contributed by atoms with Gasteiger partial charge in [0.1, 0.15) is 0 Å². The SMILES string of the molecule is Cc1ccc(S(=O)(=O)N(Cc2cccnc2)C2CC2)cc1. The Balaban J connectivity index is 1.91. The van der Waals surface area contributed by atoms with Crippen LogP contribution in [0.25, 0.3) is 0 Å². The normalized spacial score (nSPS) is 15.3. The second-order valence-electron chi connectivity index (χ2n) is 5.46. The number of sulfonamides is 1. The molecule has 1 saturated carbocycles. The van der Waals surface area contributed by atoms with Crippen molar-refractivity contribution in [3.63, 3.8) is 0 Å². The fourth-order valence-electron chi connectivity index (χ4n) is 2.29. The monoisotopic (exact) mass is 302 g/mol. The lowest BCUT2D eigenvalue weighted by Crippen LogP contribution is -2.32. The zero-order valence-corrected chi connectivity index (χ0v) is 12.8. The molecule has 0 unspecified atom stereocenters. The predicted octanol–water partition coefficient (Wildman–Crippen LogP) is 2.74. The number of benzene rings is 1. The number of hydrogen-bond acceptors (Lipinski definition) is 3. The molecule has 0 amide bonds. The zero-order valence-electron chi connectivity index (χ0n) is 11.9.